The first-order chi connectivity index (χ1) is 15.3. The third-order valence-corrected chi connectivity index (χ3v) is 7.83. The lowest BCUT2D eigenvalue weighted by atomic mass is 9.95. The van der Waals surface area contributed by atoms with E-state index in [4.69, 9.17) is 4.74 Å². The van der Waals surface area contributed by atoms with Gasteiger partial charge in [-0.05, 0) is 52.0 Å². The molecule has 1 aromatic rings. The van der Waals surface area contributed by atoms with Crippen LogP contribution in [-0.4, -0.2) is 72.6 Å². The molecule has 3 rings (SSSR count). The van der Waals surface area contributed by atoms with E-state index >= 15 is 0 Å². The highest BCUT2D eigenvalue weighted by molar-refractivity contribution is 7.19. The van der Waals surface area contributed by atoms with Gasteiger partial charge in [-0.15, -0.1) is 10.2 Å². The molecule has 1 atom stereocenters. The summed E-state index contributed by atoms with van der Waals surface area (Å²) >= 11 is 1.46. The number of amides is 2. The van der Waals surface area contributed by atoms with Gasteiger partial charge in [0.2, 0.25) is 10.3 Å². The molecule has 2 aliphatic rings. The lowest BCUT2D eigenvalue weighted by Crippen LogP contribution is -2.46. The second kappa shape index (κ2) is 12.1. The molecule has 182 valence electrons. The summed E-state index contributed by atoms with van der Waals surface area (Å²) in [6.07, 6.45) is 9.40. The minimum atomic E-state index is -0.163. The lowest BCUT2D eigenvalue weighted by Gasteiger charge is -2.34. The SMILES string of the molecule is COC(C)(C)CCCC(C)CCN1CCN(c2nnc(NC(=O)NC3CCCC3)s2)CC1. The fourth-order valence-electron chi connectivity index (χ4n) is 4.47. The zero-order valence-corrected chi connectivity index (χ0v) is 21.2. The maximum absolute atomic E-state index is 12.1. The van der Waals surface area contributed by atoms with Crippen LogP contribution >= 0.6 is 11.3 Å². The summed E-state index contributed by atoms with van der Waals surface area (Å²) < 4.78 is 5.52. The second-order valence-corrected chi connectivity index (χ2v) is 11.0. The number of carbonyl (C=O) groups is 1. The number of piperazine rings is 1. The van der Waals surface area contributed by atoms with E-state index in [0.717, 1.165) is 63.0 Å². The van der Waals surface area contributed by atoms with E-state index in [1.165, 1.54) is 43.4 Å². The summed E-state index contributed by atoms with van der Waals surface area (Å²) in [5.74, 6) is 0.743. The largest absolute Gasteiger partial charge is 0.379 e. The Morgan fingerprint density at radius 3 is 2.59 bits per heavy atom. The molecule has 2 N–H and O–H groups in total. The van der Waals surface area contributed by atoms with Gasteiger partial charge >= 0.3 is 6.03 Å². The third-order valence-electron chi connectivity index (χ3n) is 6.93. The molecule has 1 aromatic heterocycles. The zero-order valence-electron chi connectivity index (χ0n) is 20.4. The number of urea groups is 1. The normalized spacial score (nSPS) is 19.3. The third kappa shape index (κ3) is 8.15. The molecular weight excluding hydrogens is 424 g/mol. The van der Waals surface area contributed by atoms with Crippen LogP contribution in [0, 0.1) is 5.92 Å². The summed E-state index contributed by atoms with van der Waals surface area (Å²) in [6.45, 7) is 11.9. The minimum Gasteiger partial charge on any atom is -0.379 e. The molecule has 1 saturated carbocycles. The molecule has 1 aliphatic heterocycles. The van der Waals surface area contributed by atoms with E-state index in [-0.39, 0.29) is 11.6 Å². The fraction of sp³-hybridized carbons (Fsp3) is 0.870. The van der Waals surface area contributed by atoms with E-state index in [1.54, 1.807) is 7.11 Å². The van der Waals surface area contributed by atoms with Crippen molar-refractivity contribution in [2.45, 2.75) is 83.8 Å². The van der Waals surface area contributed by atoms with Gasteiger partial charge < -0.3 is 15.0 Å². The molecule has 1 saturated heterocycles. The van der Waals surface area contributed by atoms with E-state index in [1.807, 2.05) is 0 Å². The van der Waals surface area contributed by atoms with Crippen LogP contribution in [0.4, 0.5) is 15.1 Å². The van der Waals surface area contributed by atoms with Gasteiger partial charge in [0.25, 0.3) is 0 Å². The van der Waals surface area contributed by atoms with Gasteiger partial charge in [-0.2, -0.15) is 0 Å². The molecule has 1 aliphatic carbocycles. The molecule has 9 heteroatoms. The Hall–Kier alpha value is -1.45. The Morgan fingerprint density at radius 2 is 1.91 bits per heavy atom. The van der Waals surface area contributed by atoms with Gasteiger partial charge in [-0.25, -0.2) is 4.79 Å². The summed E-state index contributed by atoms with van der Waals surface area (Å²) in [5, 5.41) is 15.8. The van der Waals surface area contributed by atoms with Crippen molar-refractivity contribution >= 4 is 27.6 Å². The van der Waals surface area contributed by atoms with Gasteiger partial charge in [-0.1, -0.05) is 43.9 Å². The number of aromatic nitrogens is 2. The van der Waals surface area contributed by atoms with E-state index < -0.39 is 0 Å². The Balaban J connectivity index is 1.32. The van der Waals surface area contributed by atoms with Gasteiger partial charge in [0.15, 0.2) is 0 Å². The Kier molecular flexibility index (Phi) is 9.55. The topological polar surface area (TPSA) is 82.6 Å². The molecule has 0 aromatic carbocycles. The van der Waals surface area contributed by atoms with E-state index in [0.29, 0.717) is 11.2 Å². The van der Waals surface area contributed by atoms with Crippen molar-refractivity contribution in [2.24, 2.45) is 5.92 Å². The molecule has 8 nitrogen and oxygen atoms in total. The maximum Gasteiger partial charge on any atom is 0.321 e. The number of nitrogens with one attached hydrogen (secondary N) is 2. The quantitative estimate of drug-likeness (QED) is 0.505. The monoisotopic (exact) mass is 466 g/mol. The highest BCUT2D eigenvalue weighted by Gasteiger charge is 2.22. The molecule has 1 unspecified atom stereocenters. The van der Waals surface area contributed by atoms with Crippen LogP contribution in [0.2, 0.25) is 0 Å². The maximum atomic E-state index is 12.1. The van der Waals surface area contributed by atoms with Crippen molar-refractivity contribution in [1.29, 1.82) is 0 Å². The number of ether oxygens (including phenoxy) is 1. The van der Waals surface area contributed by atoms with Crippen molar-refractivity contribution in [3.63, 3.8) is 0 Å². The first kappa shape index (κ1) is 25.2. The number of methoxy groups -OCH3 is 1. The Labute approximate surface area is 197 Å². The summed E-state index contributed by atoms with van der Waals surface area (Å²) in [6, 6.07) is 0.139. The molecule has 2 fully saturated rings. The van der Waals surface area contributed by atoms with Gasteiger partial charge in [0.05, 0.1) is 5.60 Å². The van der Waals surface area contributed by atoms with Crippen molar-refractivity contribution in [3.8, 4) is 0 Å². The first-order valence-electron chi connectivity index (χ1n) is 12.3. The van der Waals surface area contributed by atoms with Crippen molar-refractivity contribution in [3.05, 3.63) is 0 Å². The van der Waals surface area contributed by atoms with Crippen LogP contribution < -0.4 is 15.5 Å². The van der Waals surface area contributed by atoms with Crippen molar-refractivity contribution < 1.29 is 9.53 Å². The number of carbonyl (C=O) groups excluding carboxylic acids is 1. The predicted molar refractivity (Wildman–Crippen MR) is 132 cm³/mol. The summed E-state index contributed by atoms with van der Waals surface area (Å²) in [4.78, 5) is 17.0. The number of rotatable bonds is 11. The number of nitrogens with zero attached hydrogens (tertiary/aromatic N) is 4. The molecular formula is C23H42N6O2S. The highest BCUT2D eigenvalue weighted by atomic mass is 32.1. The summed E-state index contributed by atoms with van der Waals surface area (Å²) in [7, 11) is 1.80. The van der Waals surface area contributed by atoms with Crippen LogP contribution in [-0.2, 0) is 4.74 Å². The smallest absolute Gasteiger partial charge is 0.321 e. The first-order valence-corrected chi connectivity index (χ1v) is 13.1. The predicted octanol–water partition coefficient (Wildman–Crippen LogP) is 4.35. The van der Waals surface area contributed by atoms with Gasteiger partial charge in [-0.3, -0.25) is 10.2 Å². The molecule has 0 spiro atoms. The van der Waals surface area contributed by atoms with Crippen LogP contribution in [0.3, 0.4) is 0 Å². The zero-order chi connectivity index (χ0) is 23.0. The number of anilines is 2. The van der Waals surface area contributed by atoms with Gasteiger partial charge in [0, 0.05) is 39.3 Å². The van der Waals surface area contributed by atoms with E-state index in [9.17, 15) is 4.79 Å². The molecule has 0 radical (unpaired) electrons. The molecule has 32 heavy (non-hydrogen) atoms. The molecule has 2 heterocycles. The minimum absolute atomic E-state index is 0.00409. The average Bonchev–Trinajstić information content (AvgIpc) is 3.45. The Morgan fingerprint density at radius 1 is 1.19 bits per heavy atom. The molecule has 0 bridgehead atoms. The van der Waals surface area contributed by atoms with E-state index in [2.05, 4.69) is 51.4 Å². The number of hydrogen-bond donors (Lipinski definition) is 2. The van der Waals surface area contributed by atoms with Crippen LogP contribution in [0.5, 0.6) is 0 Å². The van der Waals surface area contributed by atoms with Crippen LogP contribution in [0.15, 0.2) is 0 Å². The highest BCUT2D eigenvalue weighted by Crippen LogP contribution is 2.26. The van der Waals surface area contributed by atoms with Crippen molar-refractivity contribution in [2.75, 3.05) is 50.1 Å². The fourth-order valence-corrected chi connectivity index (χ4v) is 5.26. The second-order valence-electron chi connectivity index (χ2n) is 10.0. The summed E-state index contributed by atoms with van der Waals surface area (Å²) in [5.41, 5.74) is -0.00409. The van der Waals surface area contributed by atoms with Crippen LogP contribution in [0.25, 0.3) is 0 Å². The molecule has 2 amide bonds. The standard InChI is InChI=1S/C23H42N6O2S/c1-18(8-7-12-23(2,3)31-4)11-13-28-14-16-29(17-15-28)22-27-26-21(32-22)25-20(30)24-19-9-5-6-10-19/h18-19H,5-17H2,1-4H3,(H2,24,25,26,30). The average molecular weight is 467 g/mol. The van der Waals surface area contributed by atoms with Crippen LogP contribution in [0.1, 0.15) is 72.1 Å². The Bertz CT molecular complexity index is 698. The lowest BCUT2D eigenvalue weighted by molar-refractivity contribution is 0.0126. The van der Waals surface area contributed by atoms with Crippen molar-refractivity contribution in [1.82, 2.24) is 20.4 Å². The van der Waals surface area contributed by atoms with Gasteiger partial charge in [0.1, 0.15) is 0 Å². The number of hydrogen-bond acceptors (Lipinski definition) is 7.